The van der Waals surface area contributed by atoms with Crippen LogP contribution in [0.25, 0.3) is 10.9 Å². The van der Waals surface area contributed by atoms with Gasteiger partial charge in [-0.2, -0.15) is 0 Å². The van der Waals surface area contributed by atoms with E-state index in [4.69, 9.17) is 0 Å². The van der Waals surface area contributed by atoms with Gasteiger partial charge in [0, 0.05) is 11.1 Å². The second-order valence-corrected chi connectivity index (χ2v) is 14.8. The topological polar surface area (TPSA) is 39.1 Å². The molecule has 5 rings (SSSR count). The number of benzene rings is 2. The molecule has 39 heavy (non-hydrogen) atoms. The lowest BCUT2D eigenvalue weighted by Gasteiger charge is -2.61. The van der Waals surface area contributed by atoms with Gasteiger partial charge in [0.15, 0.2) is 0 Å². The third-order valence-electron chi connectivity index (χ3n) is 10.5. The number of para-hydroxylation sites is 1. The highest BCUT2D eigenvalue weighted by Gasteiger charge is 2.56. The van der Waals surface area contributed by atoms with Crippen LogP contribution in [0, 0.1) is 28.6 Å². The van der Waals surface area contributed by atoms with Crippen molar-refractivity contribution in [3.8, 4) is 0 Å². The van der Waals surface area contributed by atoms with E-state index in [1.54, 1.807) is 28.2 Å². The summed E-state index contributed by atoms with van der Waals surface area (Å²) < 4.78 is 29.8. The first kappa shape index (κ1) is 28.0. The van der Waals surface area contributed by atoms with Crippen LogP contribution in [0.5, 0.6) is 0 Å². The van der Waals surface area contributed by atoms with Gasteiger partial charge in [0.25, 0.3) is 10.0 Å². The fourth-order valence-corrected chi connectivity index (χ4v) is 9.74. The number of rotatable bonds is 7. The van der Waals surface area contributed by atoms with Crippen molar-refractivity contribution in [2.45, 2.75) is 84.5 Å². The van der Waals surface area contributed by atoms with Crippen molar-refractivity contribution in [3.63, 3.8) is 0 Å². The van der Waals surface area contributed by atoms with Gasteiger partial charge >= 0.3 is 0 Å². The Kier molecular flexibility index (Phi) is 7.47. The van der Waals surface area contributed by atoms with Crippen molar-refractivity contribution in [3.05, 3.63) is 90.2 Å². The molecule has 0 amide bonds. The summed E-state index contributed by atoms with van der Waals surface area (Å²) in [4.78, 5) is 0.331. The third kappa shape index (κ3) is 4.84. The first-order chi connectivity index (χ1) is 18.5. The van der Waals surface area contributed by atoms with E-state index >= 15 is 0 Å². The van der Waals surface area contributed by atoms with Crippen LogP contribution in [-0.4, -0.2) is 12.4 Å². The summed E-state index contributed by atoms with van der Waals surface area (Å²) in [5.74, 6) is 1.52. The SMILES string of the molecule is C=C1CC[C@H]2[C@](C)(CCC=C(C)C)[C@@H](C)CC[C@]2(C)[C@H]1Cc1cc2ccccc2n1S(=O)(=O)c1ccccc1. The predicted molar refractivity (Wildman–Crippen MR) is 163 cm³/mol. The van der Waals surface area contributed by atoms with E-state index in [0.29, 0.717) is 23.2 Å². The number of aromatic nitrogens is 1. The third-order valence-corrected chi connectivity index (χ3v) is 12.3. The monoisotopic (exact) mass is 543 g/mol. The second-order valence-electron chi connectivity index (χ2n) is 13.1. The standard InChI is InChI=1S/C35H45NO2S/c1-25(2)13-12-21-34(5)27(4)20-22-35(6)31(26(3)18-19-33(34)35)24-29-23-28-14-10-11-17-32(28)36(29)39(37,38)30-15-8-7-9-16-30/h7-11,13-17,23,27,31,33H,3,12,18-22,24H2,1-2,4-6H3/t27-,31-,33-,34+,35+/m0/s1. The second kappa shape index (κ2) is 10.4. The summed E-state index contributed by atoms with van der Waals surface area (Å²) >= 11 is 0. The van der Waals surface area contributed by atoms with E-state index in [1.807, 2.05) is 30.3 Å². The van der Waals surface area contributed by atoms with Crippen molar-refractivity contribution in [2.24, 2.45) is 28.6 Å². The predicted octanol–water partition coefficient (Wildman–Crippen LogP) is 9.19. The van der Waals surface area contributed by atoms with E-state index in [1.165, 1.54) is 36.8 Å². The lowest BCUT2D eigenvalue weighted by molar-refractivity contribution is -0.0961. The van der Waals surface area contributed by atoms with Gasteiger partial charge in [0.2, 0.25) is 0 Å². The van der Waals surface area contributed by atoms with Crippen LogP contribution in [0.1, 0.15) is 78.8 Å². The van der Waals surface area contributed by atoms with Gasteiger partial charge in [0.1, 0.15) is 0 Å². The van der Waals surface area contributed by atoms with Crippen molar-refractivity contribution in [1.29, 1.82) is 0 Å². The molecule has 3 nitrogen and oxygen atoms in total. The molecule has 4 heteroatoms. The summed E-state index contributed by atoms with van der Waals surface area (Å²) in [5.41, 5.74) is 4.68. The number of fused-ring (bicyclic) bond motifs is 2. The molecule has 0 radical (unpaired) electrons. The molecule has 2 aliphatic rings. The fourth-order valence-electron chi connectivity index (χ4n) is 8.17. The molecule has 0 spiro atoms. The van der Waals surface area contributed by atoms with Crippen molar-refractivity contribution < 1.29 is 8.42 Å². The quantitative estimate of drug-likeness (QED) is 0.279. The molecule has 208 valence electrons. The minimum atomic E-state index is -3.74. The van der Waals surface area contributed by atoms with Crippen LogP contribution in [0.4, 0.5) is 0 Å². The Bertz CT molecular complexity index is 1490. The number of nitrogens with zero attached hydrogens (tertiary/aromatic N) is 1. The van der Waals surface area contributed by atoms with Crippen molar-refractivity contribution in [1.82, 2.24) is 3.97 Å². The van der Waals surface area contributed by atoms with E-state index in [9.17, 15) is 8.42 Å². The highest BCUT2D eigenvalue weighted by molar-refractivity contribution is 7.90. The van der Waals surface area contributed by atoms with Gasteiger partial charge in [-0.1, -0.05) is 81.0 Å². The molecule has 0 saturated heterocycles. The molecular weight excluding hydrogens is 498 g/mol. The molecular formula is C35H45NO2S. The number of hydrogen-bond acceptors (Lipinski definition) is 2. The average molecular weight is 544 g/mol. The Balaban J connectivity index is 1.57. The summed E-state index contributed by atoms with van der Waals surface area (Å²) in [5, 5.41) is 0.971. The molecule has 5 atom stereocenters. The zero-order valence-electron chi connectivity index (χ0n) is 24.4. The van der Waals surface area contributed by atoms with E-state index < -0.39 is 10.0 Å². The van der Waals surface area contributed by atoms with Gasteiger partial charge in [0.05, 0.1) is 10.4 Å². The lowest BCUT2D eigenvalue weighted by atomic mass is 9.43. The largest absolute Gasteiger partial charge is 0.268 e. The maximum atomic E-state index is 14.1. The summed E-state index contributed by atoms with van der Waals surface area (Å²) in [6.07, 6.45) is 10.0. The van der Waals surface area contributed by atoms with Crippen molar-refractivity contribution in [2.75, 3.05) is 0 Å². The molecule has 1 aromatic heterocycles. The Morgan fingerprint density at radius 1 is 1.05 bits per heavy atom. The lowest BCUT2D eigenvalue weighted by Crippen LogP contribution is -2.54. The maximum absolute atomic E-state index is 14.1. The van der Waals surface area contributed by atoms with Gasteiger partial charge in [-0.15, -0.1) is 0 Å². The van der Waals surface area contributed by atoms with Crippen LogP contribution in [0.3, 0.4) is 0 Å². The summed E-state index contributed by atoms with van der Waals surface area (Å²) in [6, 6.07) is 18.8. The van der Waals surface area contributed by atoms with Crippen LogP contribution >= 0.6 is 0 Å². The summed E-state index contributed by atoms with van der Waals surface area (Å²) in [6.45, 7) is 16.5. The molecule has 3 aromatic rings. The Morgan fingerprint density at radius 2 is 1.74 bits per heavy atom. The first-order valence-corrected chi connectivity index (χ1v) is 16.1. The molecule has 0 N–H and O–H groups in total. The zero-order valence-corrected chi connectivity index (χ0v) is 25.2. The maximum Gasteiger partial charge on any atom is 0.268 e. The zero-order chi connectivity index (χ0) is 28.0. The first-order valence-electron chi connectivity index (χ1n) is 14.7. The van der Waals surface area contributed by atoms with Crippen LogP contribution < -0.4 is 0 Å². The molecule has 2 aliphatic carbocycles. The van der Waals surface area contributed by atoms with Gasteiger partial charge in [-0.05, 0) is 112 Å². The molecule has 0 unspecified atom stereocenters. The number of hydrogen-bond donors (Lipinski definition) is 0. The van der Waals surface area contributed by atoms with Crippen LogP contribution in [0.2, 0.25) is 0 Å². The van der Waals surface area contributed by atoms with Crippen molar-refractivity contribution >= 4 is 20.9 Å². The highest BCUT2D eigenvalue weighted by Crippen LogP contribution is 2.64. The molecule has 2 aromatic carbocycles. The summed E-state index contributed by atoms with van der Waals surface area (Å²) in [7, 11) is -3.74. The van der Waals surface area contributed by atoms with Gasteiger partial charge < -0.3 is 0 Å². The minimum Gasteiger partial charge on any atom is -0.238 e. The molecule has 2 fully saturated rings. The average Bonchev–Trinajstić information content (AvgIpc) is 3.28. The van der Waals surface area contributed by atoms with Crippen LogP contribution in [-0.2, 0) is 16.4 Å². The smallest absolute Gasteiger partial charge is 0.238 e. The Morgan fingerprint density at radius 3 is 2.46 bits per heavy atom. The van der Waals surface area contributed by atoms with Gasteiger partial charge in [-0.25, -0.2) is 12.4 Å². The van der Waals surface area contributed by atoms with E-state index in [2.05, 4.69) is 53.3 Å². The van der Waals surface area contributed by atoms with E-state index in [0.717, 1.165) is 29.4 Å². The minimum absolute atomic E-state index is 0.0966. The van der Waals surface area contributed by atoms with Crippen LogP contribution in [0.15, 0.2) is 89.4 Å². The molecule has 0 bridgehead atoms. The Labute approximate surface area is 236 Å². The highest BCUT2D eigenvalue weighted by atomic mass is 32.2. The fraction of sp³-hybridized carbons (Fsp3) is 0.486. The van der Waals surface area contributed by atoms with E-state index in [-0.39, 0.29) is 16.7 Å². The van der Waals surface area contributed by atoms with Gasteiger partial charge in [-0.3, -0.25) is 0 Å². The molecule has 1 heterocycles. The normalized spacial score (nSPS) is 29.3. The molecule has 0 aliphatic heterocycles. The molecule has 2 saturated carbocycles. The Hall–Kier alpha value is -2.59. The number of allylic oxidation sites excluding steroid dienone is 3.